The van der Waals surface area contributed by atoms with E-state index in [-0.39, 0.29) is 0 Å². The molecule has 0 saturated heterocycles. The van der Waals surface area contributed by atoms with E-state index in [4.69, 9.17) is 11.6 Å². The number of thiazole rings is 1. The summed E-state index contributed by atoms with van der Waals surface area (Å²) in [6, 6.07) is 11.8. The number of hydrogen-bond acceptors (Lipinski definition) is 4. The zero-order chi connectivity index (χ0) is 14.5. The molecule has 1 aromatic carbocycles. The number of aromatic nitrogens is 2. The van der Waals surface area contributed by atoms with Crippen LogP contribution >= 0.6 is 22.9 Å². The van der Waals surface area contributed by atoms with E-state index < -0.39 is 0 Å². The molecule has 5 heteroatoms. The molecule has 0 amide bonds. The van der Waals surface area contributed by atoms with Gasteiger partial charge in [-0.15, -0.1) is 11.3 Å². The molecule has 0 aliphatic carbocycles. The van der Waals surface area contributed by atoms with Crippen molar-refractivity contribution in [1.29, 1.82) is 0 Å². The van der Waals surface area contributed by atoms with Gasteiger partial charge in [0.25, 0.3) is 0 Å². The van der Waals surface area contributed by atoms with E-state index in [0.717, 1.165) is 40.6 Å². The third-order valence-corrected chi connectivity index (χ3v) is 3.90. The molecule has 3 rings (SSSR count). The summed E-state index contributed by atoms with van der Waals surface area (Å²) in [5, 5.41) is 6.04. The summed E-state index contributed by atoms with van der Waals surface area (Å²) in [6.45, 7) is 0.810. The normalized spacial score (nSPS) is 10.5. The second-order valence-electron chi connectivity index (χ2n) is 4.55. The van der Waals surface area contributed by atoms with Crippen molar-refractivity contribution in [1.82, 2.24) is 9.97 Å². The van der Waals surface area contributed by atoms with E-state index >= 15 is 0 Å². The average Bonchev–Trinajstić information content (AvgIpc) is 3.02. The lowest BCUT2D eigenvalue weighted by Crippen LogP contribution is -2.06. The molecule has 0 aliphatic heterocycles. The van der Waals surface area contributed by atoms with Crippen LogP contribution in [0.3, 0.4) is 0 Å². The van der Waals surface area contributed by atoms with Crippen LogP contribution in [0.15, 0.2) is 48.0 Å². The largest absolute Gasteiger partial charge is 0.370 e. The number of rotatable bonds is 5. The highest BCUT2D eigenvalue weighted by molar-refractivity contribution is 7.07. The first-order valence-electron chi connectivity index (χ1n) is 6.57. The van der Waals surface area contributed by atoms with Gasteiger partial charge in [-0.05, 0) is 29.8 Å². The number of pyridine rings is 1. The Hall–Kier alpha value is -1.91. The second kappa shape index (κ2) is 6.70. The first-order chi connectivity index (χ1) is 10.3. The van der Waals surface area contributed by atoms with Gasteiger partial charge in [-0.3, -0.25) is 0 Å². The molecule has 2 heterocycles. The third-order valence-electron chi connectivity index (χ3n) is 3.07. The lowest BCUT2D eigenvalue weighted by Gasteiger charge is -2.06. The molecule has 3 nitrogen and oxygen atoms in total. The van der Waals surface area contributed by atoms with E-state index in [0.29, 0.717) is 0 Å². The highest BCUT2D eigenvalue weighted by Crippen LogP contribution is 2.21. The first kappa shape index (κ1) is 14.0. The van der Waals surface area contributed by atoms with E-state index in [1.807, 2.05) is 41.9 Å². The number of nitrogens with one attached hydrogen (secondary N) is 1. The Morgan fingerprint density at radius 3 is 2.57 bits per heavy atom. The van der Waals surface area contributed by atoms with Crippen LogP contribution in [-0.2, 0) is 6.42 Å². The number of hydrogen-bond donors (Lipinski definition) is 1. The molecule has 105 valence electrons. The Bertz CT molecular complexity index is 679. The summed E-state index contributed by atoms with van der Waals surface area (Å²) >= 11 is 7.39. The molecule has 1 N–H and O–H groups in total. The molecule has 1 radical (unpaired) electrons. The number of anilines is 1. The van der Waals surface area contributed by atoms with E-state index in [2.05, 4.69) is 26.9 Å². The summed E-state index contributed by atoms with van der Waals surface area (Å²) in [7, 11) is 0. The van der Waals surface area contributed by atoms with Crippen molar-refractivity contribution < 1.29 is 0 Å². The maximum Gasteiger partial charge on any atom is 0.152 e. The zero-order valence-corrected chi connectivity index (χ0v) is 12.8. The highest BCUT2D eigenvalue weighted by Gasteiger charge is 2.00. The van der Waals surface area contributed by atoms with Gasteiger partial charge in [0.2, 0.25) is 0 Å². The van der Waals surface area contributed by atoms with Gasteiger partial charge in [-0.1, -0.05) is 23.7 Å². The maximum absolute atomic E-state index is 5.89. The smallest absolute Gasteiger partial charge is 0.152 e. The lowest BCUT2D eigenvalue weighted by molar-refractivity contribution is 0.967. The van der Waals surface area contributed by atoms with Gasteiger partial charge in [0, 0.05) is 35.1 Å². The van der Waals surface area contributed by atoms with E-state index in [1.165, 1.54) is 11.3 Å². The van der Waals surface area contributed by atoms with Crippen molar-refractivity contribution in [3.63, 3.8) is 0 Å². The van der Waals surface area contributed by atoms with Gasteiger partial charge in [0.05, 0.1) is 5.69 Å². The van der Waals surface area contributed by atoms with Crippen molar-refractivity contribution in [3.8, 4) is 11.1 Å². The van der Waals surface area contributed by atoms with Gasteiger partial charge in [-0.25, -0.2) is 9.97 Å². The number of nitrogens with zero attached hydrogens (tertiary/aromatic N) is 2. The third kappa shape index (κ3) is 3.80. The predicted octanol–water partition coefficient (Wildman–Crippen LogP) is 4.31. The Labute approximate surface area is 132 Å². The van der Waals surface area contributed by atoms with Crippen LogP contribution in [-0.4, -0.2) is 16.5 Å². The fraction of sp³-hybridized carbons (Fsp3) is 0.125. The SMILES string of the molecule is Clc1ccc(-c2ccc(NCCc3cs[c]n3)nc2)cc1. The number of benzene rings is 1. The summed E-state index contributed by atoms with van der Waals surface area (Å²) in [5.41, 5.74) is 6.09. The molecule has 0 fully saturated rings. The molecular formula is C16H13ClN3S. The minimum atomic E-state index is 0.740. The lowest BCUT2D eigenvalue weighted by atomic mass is 10.1. The molecule has 21 heavy (non-hydrogen) atoms. The fourth-order valence-electron chi connectivity index (χ4n) is 1.95. The monoisotopic (exact) mass is 314 g/mol. The molecule has 0 spiro atoms. The first-order valence-corrected chi connectivity index (χ1v) is 7.83. The van der Waals surface area contributed by atoms with Crippen LogP contribution in [0.5, 0.6) is 0 Å². The van der Waals surface area contributed by atoms with Gasteiger partial charge < -0.3 is 5.32 Å². The topological polar surface area (TPSA) is 37.8 Å². The summed E-state index contributed by atoms with van der Waals surface area (Å²) in [4.78, 5) is 8.56. The standard InChI is InChI=1S/C16H13ClN3S/c17-14-4-1-12(2-5-14)13-3-6-16(19-9-13)18-8-7-15-10-21-11-20-15/h1-6,9-10H,7-8H2,(H,18,19). The van der Waals surface area contributed by atoms with Gasteiger partial charge in [-0.2, -0.15) is 0 Å². The van der Waals surface area contributed by atoms with Crippen LogP contribution in [0.25, 0.3) is 11.1 Å². The predicted molar refractivity (Wildman–Crippen MR) is 87.8 cm³/mol. The van der Waals surface area contributed by atoms with Crippen LogP contribution in [0.1, 0.15) is 5.69 Å². The summed E-state index contributed by atoms with van der Waals surface area (Å²) < 4.78 is 0. The van der Waals surface area contributed by atoms with Crippen LogP contribution in [0, 0.1) is 5.51 Å². The molecule has 0 aliphatic rings. The van der Waals surface area contributed by atoms with Crippen molar-refractivity contribution in [2.24, 2.45) is 0 Å². The van der Waals surface area contributed by atoms with Gasteiger partial charge >= 0.3 is 0 Å². The Kier molecular flexibility index (Phi) is 4.48. The molecular weight excluding hydrogens is 302 g/mol. The van der Waals surface area contributed by atoms with E-state index in [1.54, 1.807) is 0 Å². The van der Waals surface area contributed by atoms with Gasteiger partial charge in [0.15, 0.2) is 5.51 Å². The summed E-state index contributed by atoms with van der Waals surface area (Å²) in [5.74, 6) is 0.868. The van der Waals surface area contributed by atoms with Crippen LogP contribution in [0.4, 0.5) is 5.82 Å². The fourth-order valence-corrected chi connectivity index (χ4v) is 2.61. The van der Waals surface area contributed by atoms with Gasteiger partial charge in [0.1, 0.15) is 5.82 Å². The molecule has 2 aromatic heterocycles. The highest BCUT2D eigenvalue weighted by atomic mass is 35.5. The molecule has 0 bridgehead atoms. The van der Waals surface area contributed by atoms with Crippen molar-refractivity contribution in [2.45, 2.75) is 6.42 Å². The molecule has 0 unspecified atom stereocenters. The molecule has 0 saturated carbocycles. The average molecular weight is 315 g/mol. The quantitative estimate of drug-likeness (QED) is 0.762. The maximum atomic E-state index is 5.89. The minimum Gasteiger partial charge on any atom is -0.370 e. The Balaban J connectivity index is 1.60. The van der Waals surface area contributed by atoms with Crippen LogP contribution in [0.2, 0.25) is 5.02 Å². The second-order valence-corrected chi connectivity index (χ2v) is 5.64. The van der Waals surface area contributed by atoms with Crippen LogP contribution < -0.4 is 5.32 Å². The minimum absolute atomic E-state index is 0.740. The van der Waals surface area contributed by atoms with Crippen molar-refractivity contribution in [3.05, 3.63) is 64.2 Å². The summed E-state index contributed by atoms with van der Waals surface area (Å²) in [6.07, 6.45) is 2.74. The Morgan fingerprint density at radius 2 is 1.90 bits per heavy atom. The zero-order valence-electron chi connectivity index (χ0n) is 11.2. The van der Waals surface area contributed by atoms with Crippen molar-refractivity contribution >= 4 is 28.8 Å². The Morgan fingerprint density at radius 1 is 1.10 bits per heavy atom. The molecule has 0 atom stereocenters. The van der Waals surface area contributed by atoms with E-state index in [9.17, 15) is 0 Å². The number of halogens is 1. The molecule has 3 aromatic rings. The van der Waals surface area contributed by atoms with Crippen molar-refractivity contribution in [2.75, 3.05) is 11.9 Å².